The summed E-state index contributed by atoms with van der Waals surface area (Å²) >= 11 is 0. The van der Waals surface area contributed by atoms with Crippen LogP contribution in [0.25, 0.3) is 11.0 Å². The molecule has 2 aromatic heterocycles. The van der Waals surface area contributed by atoms with Crippen molar-refractivity contribution in [1.29, 1.82) is 0 Å². The van der Waals surface area contributed by atoms with E-state index in [1.165, 1.54) is 0 Å². The van der Waals surface area contributed by atoms with Gasteiger partial charge in [0, 0.05) is 33.7 Å². The zero-order valence-corrected chi connectivity index (χ0v) is 15.8. The predicted molar refractivity (Wildman–Crippen MR) is 104 cm³/mol. The lowest BCUT2D eigenvalue weighted by molar-refractivity contribution is 0.122. The van der Waals surface area contributed by atoms with Crippen LogP contribution in [0.1, 0.15) is 5.56 Å². The number of rotatable bonds is 5. The minimum Gasteiger partial charge on any atom is -0.378 e. The molecule has 28 heavy (non-hydrogen) atoms. The van der Waals surface area contributed by atoms with E-state index in [0.717, 1.165) is 22.8 Å². The fraction of sp³-hybridized carbons (Fsp3) is 0.389. The first kappa shape index (κ1) is 18.4. The third-order valence-electron chi connectivity index (χ3n) is 4.87. The first-order chi connectivity index (χ1) is 13.5. The van der Waals surface area contributed by atoms with Gasteiger partial charge in [0.2, 0.25) is 5.95 Å². The maximum absolute atomic E-state index is 14.1. The van der Waals surface area contributed by atoms with Crippen LogP contribution in [0.4, 0.5) is 16.2 Å². The average molecular weight is 387 g/mol. The monoisotopic (exact) mass is 387 g/mol. The number of halogens is 1. The van der Waals surface area contributed by atoms with Crippen LogP contribution in [0.15, 0.2) is 29.2 Å². The lowest BCUT2D eigenvalue weighted by Gasteiger charge is -2.28. The summed E-state index contributed by atoms with van der Waals surface area (Å²) < 4.78 is 22.6. The number of morpholine rings is 1. The molecule has 1 aliphatic rings. The maximum atomic E-state index is 14.1. The number of benzene rings is 1. The van der Waals surface area contributed by atoms with Gasteiger partial charge in [-0.3, -0.25) is 14.6 Å². The fourth-order valence-electron chi connectivity index (χ4n) is 3.30. The molecule has 0 aliphatic carbocycles. The SMILES string of the molecule is Cn1c(=O)n(C)c2cc(CNNc3ncc(F)c(N4CCOCC4)n3)ccc21. The van der Waals surface area contributed by atoms with Crippen LogP contribution in [0, 0.1) is 5.82 Å². The molecule has 148 valence electrons. The van der Waals surface area contributed by atoms with Crippen molar-refractivity contribution >= 4 is 22.8 Å². The van der Waals surface area contributed by atoms with Gasteiger partial charge in [0.25, 0.3) is 0 Å². The third kappa shape index (κ3) is 3.43. The van der Waals surface area contributed by atoms with Gasteiger partial charge < -0.3 is 9.64 Å². The zero-order valence-electron chi connectivity index (χ0n) is 15.8. The number of ether oxygens (including phenoxy) is 1. The Hall–Kier alpha value is -2.98. The van der Waals surface area contributed by atoms with Crippen LogP contribution >= 0.6 is 0 Å². The molecule has 0 spiro atoms. The zero-order chi connectivity index (χ0) is 19.7. The van der Waals surface area contributed by atoms with Crippen LogP contribution in [0.3, 0.4) is 0 Å². The molecular formula is C18H22FN7O2. The standard InChI is InChI=1S/C18H22FN7O2/c1-24-14-4-3-12(9-15(14)25(2)18(24)27)10-21-23-17-20-11-13(19)16(22-17)26-5-7-28-8-6-26/h3-4,9,11,21H,5-8,10H2,1-2H3,(H,20,22,23). The smallest absolute Gasteiger partial charge is 0.328 e. The Bertz CT molecular complexity index is 1060. The molecule has 4 rings (SSSR count). The van der Waals surface area contributed by atoms with Gasteiger partial charge in [-0.05, 0) is 17.7 Å². The number of nitrogens with one attached hydrogen (secondary N) is 2. The topological polar surface area (TPSA) is 89.2 Å². The molecule has 0 saturated carbocycles. The van der Waals surface area contributed by atoms with Crippen molar-refractivity contribution in [3.8, 4) is 0 Å². The van der Waals surface area contributed by atoms with E-state index in [-0.39, 0.29) is 17.5 Å². The Balaban J connectivity index is 1.44. The van der Waals surface area contributed by atoms with Crippen molar-refractivity contribution in [2.45, 2.75) is 6.54 Å². The number of aromatic nitrogens is 4. The third-order valence-corrected chi connectivity index (χ3v) is 4.87. The highest BCUT2D eigenvalue weighted by molar-refractivity contribution is 5.76. The van der Waals surface area contributed by atoms with E-state index in [0.29, 0.717) is 32.8 Å². The molecule has 0 bridgehead atoms. The van der Waals surface area contributed by atoms with E-state index in [2.05, 4.69) is 20.8 Å². The largest absolute Gasteiger partial charge is 0.378 e. The van der Waals surface area contributed by atoms with Gasteiger partial charge in [0.15, 0.2) is 11.6 Å². The Morgan fingerprint density at radius 1 is 1.18 bits per heavy atom. The molecule has 0 unspecified atom stereocenters. The Morgan fingerprint density at radius 3 is 2.71 bits per heavy atom. The summed E-state index contributed by atoms with van der Waals surface area (Å²) in [6.45, 7) is 2.77. The van der Waals surface area contributed by atoms with Gasteiger partial charge in [-0.1, -0.05) is 6.07 Å². The van der Waals surface area contributed by atoms with Crippen LogP contribution in [0.5, 0.6) is 0 Å². The van der Waals surface area contributed by atoms with E-state index in [4.69, 9.17) is 4.74 Å². The van der Waals surface area contributed by atoms with Crippen molar-refractivity contribution in [3.63, 3.8) is 0 Å². The van der Waals surface area contributed by atoms with Crippen LogP contribution in [-0.4, -0.2) is 45.4 Å². The number of anilines is 2. The maximum Gasteiger partial charge on any atom is 0.328 e. The number of hydrazine groups is 1. The van der Waals surface area contributed by atoms with Crippen molar-refractivity contribution in [2.75, 3.05) is 36.6 Å². The van der Waals surface area contributed by atoms with Crippen molar-refractivity contribution in [2.24, 2.45) is 14.1 Å². The van der Waals surface area contributed by atoms with E-state index in [1.54, 1.807) is 23.2 Å². The highest BCUT2D eigenvalue weighted by Crippen LogP contribution is 2.18. The number of fused-ring (bicyclic) bond motifs is 1. The lowest BCUT2D eigenvalue weighted by atomic mass is 10.2. The van der Waals surface area contributed by atoms with Gasteiger partial charge >= 0.3 is 5.69 Å². The van der Waals surface area contributed by atoms with Crippen LogP contribution < -0.4 is 21.4 Å². The molecule has 2 N–H and O–H groups in total. The van der Waals surface area contributed by atoms with E-state index in [1.807, 2.05) is 23.1 Å². The number of nitrogens with zero attached hydrogens (tertiary/aromatic N) is 5. The average Bonchev–Trinajstić information content (AvgIpc) is 2.94. The van der Waals surface area contributed by atoms with Gasteiger partial charge in [-0.25, -0.2) is 19.6 Å². The normalized spacial score (nSPS) is 14.6. The Labute approximate surface area is 160 Å². The second-order valence-electron chi connectivity index (χ2n) is 6.67. The molecule has 0 amide bonds. The molecule has 9 nitrogen and oxygen atoms in total. The van der Waals surface area contributed by atoms with Gasteiger partial charge in [-0.15, -0.1) is 0 Å². The molecule has 0 atom stereocenters. The molecule has 0 radical (unpaired) electrons. The Morgan fingerprint density at radius 2 is 1.93 bits per heavy atom. The summed E-state index contributed by atoms with van der Waals surface area (Å²) in [4.78, 5) is 22.1. The second-order valence-corrected chi connectivity index (χ2v) is 6.67. The molecule has 1 aliphatic heterocycles. The molecular weight excluding hydrogens is 365 g/mol. The Kier molecular flexibility index (Phi) is 4.97. The number of imidazole rings is 1. The molecule has 10 heteroatoms. The van der Waals surface area contributed by atoms with E-state index >= 15 is 0 Å². The van der Waals surface area contributed by atoms with Gasteiger partial charge in [-0.2, -0.15) is 4.98 Å². The van der Waals surface area contributed by atoms with E-state index < -0.39 is 5.82 Å². The first-order valence-corrected chi connectivity index (χ1v) is 9.03. The molecule has 1 aromatic carbocycles. The highest BCUT2D eigenvalue weighted by atomic mass is 19.1. The van der Waals surface area contributed by atoms with Crippen LogP contribution in [-0.2, 0) is 25.4 Å². The molecule has 3 aromatic rings. The summed E-state index contributed by atoms with van der Waals surface area (Å²) in [6.07, 6.45) is 1.16. The number of hydrogen-bond acceptors (Lipinski definition) is 7. The molecule has 3 heterocycles. The number of hydrogen-bond donors (Lipinski definition) is 2. The predicted octanol–water partition coefficient (Wildman–Crippen LogP) is 0.759. The minimum atomic E-state index is -0.456. The number of aryl methyl sites for hydroxylation is 2. The second kappa shape index (κ2) is 7.56. The summed E-state index contributed by atoms with van der Waals surface area (Å²) in [6, 6.07) is 5.82. The summed E-state index contributed by atoms with van der Waals surface area (Å²) in [5.41, 5.74) is 8.61. The first-order valence-electron chi connectivity index (χ1n) is 9.03. The highest BCUT2D eigenvalue weighted by Gasteiger charge is 2.17. The van der Waals surface area contributed by atoms with E-state index in [9.17, 15) is 9.18 Å². The van der Waals surface area contributed by atoms with Crippen LogP contribution in [0.2, 0.25) is 0 Å². The summed E-state index contributed by atoms with van der Waals surface area (Å²) in [7, 11) is 3.50. The quantitative estimate of drug-likeness (QED) is 0.625. The minimum absolute atomic E-state index is 0.0615. The summed E-state index contributed by atoms with van der Waals surface area (Å²) in [5, 5.41) is 0. The lowest BCUT2D eigenvalue weighted by Crippen LogP contribution is -2.37. The van der Waals surface area contributed by atoms with Crippen molar-refractivity contribution in [1.82, 2.24) is 24.5 Å². The summed E-state index contributed by atoms with van der Waals surface area (Å²) in [5.74, 6) is 0.0993. The molecule has 1 fully saturated rings. The van der Waals surface area contributed by atoms with Crippen molar-refractivity contribution in [3.05, 3.63) is 46.3 Å². The van der Waals surface area contributed by atoms with Gasteiger partial charge in [0.1, 0.15) is 0 Å². The van der Waals surface area contributed by atoms with Gasteiger partial charge in [0.05, 0.1) is 30.4 Å². The van der Waals surface area contributed by atoms with Crippen molar-refractivity contribution < 1.29 is 9.13 Å². The fourth-order valence-corrected chi connectivity index (χ4v) is 3.30. The molecule has 1 saturated heterocycles.